The fourth-order valence-electron chi connectivity index (χ4n) is 3.11. The summed E-state index contributed by atoms with van der Waals surface area (Å²) in [6.45, 7) is 3.27. The van der Waals surface area contributed by atoms with Crippen molar-refractivity contribution < 1.29 is 9.84 Å². The molecule has 0 spiro atoms. The molecule has 2 heterocycles. The molecule has 140 valence electrons. The summed E-state index contributed by atoms with van der Waals surface area (Å²) in [6.07, 6.45) is 3.75. The number of piperidine rings is 1. The van der Waals surface area contributed by atoms with Crippen molar-refractivity contribution in [2.75, 3.05) is 49.7 Å². The third-order valence-electron chi connectivity index (χ3n) is 4.62. The van der Waals surface area contributed by atoms with Crippen molar-refractivity contribution in [2.24, 2.45) is 5.92 Å². The molecule has 1 atom stereocenters. The molecule has 2 aromatic rings. The minimum absolute atomic E-state index is 0.231. The quantitative estimate of drug-likeness (QED) is 0.801. The Morgan fingerprint density at radius 3 is 3.04 bits per heavy atom. The van der Waals surface area contributed by atoms with Gasteiger partial charge in [-0.15, -0.1) is 0 Å². The van der Waals surface area contributed by atoms with Gasteiger partial charge in [0, 0.05) is 37.8 Å². The number of ether oxygens (including phenoxy) is 1. The van der Waals surface area contributed by atoms with Crippen LogP contribution in [0.1, 0.15) is 12.8 Å². The first-order chi connectivity index (χ1) is 12.7. The molecular weight excluding hydrogens is 352 g/mol. The lowest BCUT2D eigenvalue weighted by Gasteiger charge is -2.33. The maximum absolute atomic E-state index is 9.42. The number of likely N-dealkylation sites (N-methyl/N-ethyl adjacent to an activating group) is 1. The normalized spacial score (nSPS) is 17.2. The van der Waals surface area contributed by atoms with Crippen LogP contribution < -0.4 is 14.5 Å². The summed E-state index contributed by atoms with van der Waals surface area (Å²) >= 11 is 5.97. The van der Waals surface area contributed by atoms with Crippen LogP contribution in [0.15, 0.2) is 36.7 Å². The van der Waals surface area contributed by atoms with Crippen molar-refractivity contribution in [3.8, 4) is 5.75 Å². The minimum atomic E-state index is 0.231. The second kappa shape index (κ2) is 9.05. The zero-order chi connectivity index (χ0) is 18.4. The van der Waals surface area contributed by atoms with Gasteiger partial charge in [0.05, 0.1) is 6.54 Å². The number of hydrogen-bond donors (Lipinski definition) is 1. The van der Waals surface area contributed by atoms with E-state index in [2.05, 4.69) is 14.9 Å². The van der Waals surface area contributed by atoms with Crippen molar-refractivity contribution >= 4 is 23.2 Å². The first-order valence-corrected chi connectivity index (χ1v) is 9.31. The van der Waals surface area contributed by atoms with Gasteiger partial charge in [-0.1, -0.05) is 17.7 Å². The third kappa shape index (κ3) is 4.99. The number of benzene rings is 1. The largest absolute Gasteiger partial charge is 0.492 e. The second-order valence-electron chi connectivity index (χ2n) is 6.60. The van der Waals surface area contributed by atoms with Crippen LogP contribution in [0.25, 0.3) is 0 Å². The number of hydrogen-bond acceptors (Lipinski definition) is 6. The van der Waals surface area contributed by atoms with Gasteiger partial charge in [-0.25, -0.2) is 9.97 Å². The summed E-state index contributed by atoms with van der Waals surface area (Å²) in [5, 5.41) is 10.1. The third-order valence-corrected chi connectivity index (χ3v) is 4.86. The van der Waals surface area contributed by atoms with E-state index in [1.807, 2.05) is 36.2 Å². The molecule has 1 unspecified atom stereocenters. The van der Waals surface area contributed by atoms with Crippen LogP contribution in [0.5, 0.6) is 5.75 Å². The Kier molecular flexibility index (Phi) is 6.52. The molecule has 1 aliphatic rings. The minimum Gasteiger partial charge on any atom is -0.492 e. The standard InChI is InChI=1S/C19H25ClN4O2/c1-23(8-9-26-17-6-2-5-16(20)10-17)18-11-19(22-14-21-18)24-7-3-4-15(12-24)13-25/h2,5-6,10-11,14-15,25H,3-4,7-9,12-13H2,1H3. The summed E-state index contributed by atoms with van der Waals surface area (Å²) in [5.41, 5.74) is 0. The van der Waals surface area contributed by atoms with E-state index in [9.17, 15) is 5.11 Å². The Hall–Kier alpha value is -2.05. The van der Waals surface area contributed by atoms with Gasteiger partial charge in [-0.3, -0.25) is 0 Å². The van der Waals surface area contributed by atoms with E-state index in [0.29, 0.717) is 24.1 Å². The van der Waals surface area contributed by atoms with Gasteiger partial charge in [0.15, 0.2) is 0 Å². The maximum atomic E-state index is 9.42. The summed E-state index contributed by atoms with van der Waals surface area (Å²) in [5.74, 6) is 2.86. The molecule has 0 bridgehead atoms. The number of anilines is 2. The zero-order valence-corrected chi connectivity index (χ0v) is 15.8. The SMILES string of the molecule is CN(CCOc1cccc(Cl)c1)c1cc(N2CCCC(CO)C2)ncn1. The smallest absolute Gasteiger partial charge is 0.134 e. The molecule has 1 aromatic carbocycles. The van der Waals surface area contributed by atoms with Crippen LogP contribution in [-0.4, -0.2) is 55.0 Å². The number of rotatable bonds is 7. The van der Waals surface area contributed by atoms with Crippen molar-refractivity contribution in [1.29, 1.82) is 0 Å². The monoisotopic (exact) mass is 376 g/mol. The van der Waals surface area contributed by atoms with Gasteiger partial charge in [0.25, 0.3) is 0 Å². The Labute approximate surface area is 159 Å². The van der Waals surface area contributed by atoms with Crippen LogP contribution >= 0.6 is 11.6 Å². The molecule has 3 rings (SSSR count). The van der Waals surface area contributed by atoms with E-state index >= 15 is 0 Å². The van der Waals surface area contributed by atoms with Gasteiger partial charge in [-0.05, 0) is 37.0 Å². The lowest BCUT2D eigenvalue weighted by Crippen LogP contribution is -2.37. The fraction of sp³-hybridized carbons (Fsp3) is 0.474. The first kappa shape index (κ1) is 18.7. The van der Waals surface area contributed by atoms with Gasteiger partial charge < -0.3 is 19.6 Å². The molecule has 0 radical (unpaired) electrons. The highest BCUT2D eigenvalue weighted by molar-refractivity contribution is 6.30. The van der Waals surface area contributed by atoms with E-state index in [-0.39, 0.29) is 6.61 Å². The van der Waals surface area contributed by atoms with E-state index < -0.39 is 0 Å². The summed E-state index contributed by atoms with van der Waals surface area (Å²) in [6, 6.07) is 9.39. The van der Waals surface area contributed by atoms with E-state index in [1.165, 1.54) is 0 Å². The van der Waals surface area contributed by atoms with Crippen LogP contribution in [0.4, 0.5) is 11.6 Å². The molecule has 7 heteroatoms. The molecule has 0 amide bonds. The molecule has 26 heavy (non-hydrogen) atoms. The molecule has 6 nitrogen and oxygen atoms in total. The van der Waals surface area contributed by atoms with Crippen molar-refractivity contribution in [3.05, 3.63) is 41.7 Å². The number of aromatic nitrogens is 2. The Morgan fingerprint density at radius 1 is 1.35 bits per heavy atom. The molecule has 0 aliphatic carbocycles. The lowest BCUT2D eigenvalue weighted by molar-refractivity contribution is 0.208. The average Bonchev–Trinajstić information content (AvgIpc) is 2.68. The first-order valence-electron chi connectivity index (χ1n) is 8.93. The van der Waals surface area contributed by atoms with Crippen molar-refractivity contribution in [1.82, 2.24) is 9.97 Å². The molecule has 1 fully saturated rings. The Bertz CT molecular complexity index is 715. The van der Waals surface area contributed by atoms with Crippen LogP contribution in [0, 0.1) is 5.92 Å². The van der Waals surface area contributed by atoms with E-state index in [4.69, 9.17) is 16.3 Å². The van der Waals surface area contributed by atoms with E-state index in [0.717, 1.165) is 43.3 Å². The summed E-state index contributed by atoms with van der Waals surface area (Å²) in [4.78, 5) is 13.1. The molecule has 1 aromatic heterocycles. The number of halogens is 1. The predicted octanol–water partition coefficient (Wildman–Crippen LogP) is 2.85. The predicted molar refractivity (Wildman–Crippen MR) is 104 cm³/mol. The highest BCUT2D eigenvalue weighted by Crippen LogP contribution is 2.23. The van der Waals surface area contributed by atoms with Gasteiger partial charge in [-0.2, -0.15) is 0 Å². The summed E-state index contributed by atoms with van der Waals surface area (Å²) < 4.78 is 5.75. The number of aliphatic hydroxyl groups excluding tert-OH is 1. The zero-order valence-electron chi connectivity index (χ0n) is 15.0. The molecule has 1 saturated heterocycles. The molecule has 1 aliphatic heterocycles. The summed E-state index contributed by atoms with van der Waals surface area (Å²) in [7, 11) is 1.99. The number of aliphatic hydroxyl groups is 1. The lowest BCUT2D eigenvalue weighted by atomic mass is 9.99. The Morgan fingerprint density at radius 2 is 2.23 bits per heavy atom. The van der Waals surface area contributed by atoms with Gasteiger partial charge in [0.2, 0.25) is 0 Å². The van der Waals surface area contributed by atoms with Crippen molar-refractivity contribution in [3.63, 3.8) is 0 Å². The average molecular weight is 377 g/mol. The van der Waals surface area contributed by atoms with Crippen LogP contribution in [-0.2, 0) is 0 Å². The van der Waals surface area contributed by atoms with Crippen LogP contribution in [0.2, 0.25) is 5.02 Å². The van der Waals surface area contributed by atoms with Crippen LogP contribution in [0.3, 0.4) is 0 Å². The van der Waals surface area contributed by atoms with E-state index in [1.54, 1.807) is 12.4 Å². The highest BCUT2D eigenvalue weighted by atomic mass is 35.5. The molecular formula is C19H25ClN4O2. The number of nitrogens with zero attached hydrogens (tertiary/aromatic N) is 4. The van der Waals surface area contributed by atoms with Crippen molar-refractivity contribution in [2.45, 2.75) is 12.8 Å². The highest BCUT2D eigenvalue weighted by Gasteiger charge is 2.20. The molecule has 0 saturated carbocycles. The van der Waals surface area contributed by atoms with Gasteiger partial charge >= 0.3 is 0 Å². The second-order valence-corrected chi connectivity index (χ2v) is 7.04. The Balaban J connectivity index is 1.56. The molecule has 1 N–H and O–H groups in total. The topological polar surface area (TPSA) is 61.7 Å². The maximum Gasteiger partial charge on any atom is 0.134 e. The fourth-order valence-corrected chi connectivity index (χ4v) is 3.29. The van der Waals surface area contributed by atoms with Gasteiger partial charge in [0.1, 0.15) is 30.3 Å².